The number of carbonyl (C=O) groups is 3. The van der Waals surface area contributed by atoms with Crippen LogP contribution in [0.25, 0.3) is 0 Å². The molecule has 2 amide bonds. The van der Waals surface area contributed by atoms with Crippen molar-refractivity contribution in [1.29, 1.82) is 0 Å². The molecule has 236 valence electrons. The van der Waals surface area contributed by atoms with E-state index in [1.165, 1.54) is 12.1 Å². The monoisotopic (exact) mass is 666 g/mol. The highest BCUT2D eigenvalue weighted by atomic mass is 35.5. The van der Waals surface area contributed by atoms with Crippen molar-refractivity contribution in [3.05, 3.63) is 92.5 Å². The second kappa shape index (κ2) is 13.9. The number of benzene rings is 3. The first-order chi connectivity index (χ1) is 20.4. The first kappa shape index (κ1) is 34.6. The van der Waals surface area contributed by atoms with Crippen LogP contribution in [0.4, 0.5) is 36.4 Å². The summed E-state index contributed by atoms with van der Waals surface area (Å²) in [6.07, 6.45) is -8.32. The van der Waals surface area contributed by atoms with Crippen molar-refractivity contribution in [2.45, 2.75) is 39.4 Å². The molecule has 3 aromatic carbocycles. The fourth-order valence-electron chi connectivity index (χ4n) is 3.70. The van der Waals surface area contributed by atoms with Crippen LogP contribution >= 0.6 is 23.2 Å². The van der Waals surface area contributed by atoms with Crippen molar-refractivity contribution >= 4 is 46.5 Å². The van der Waals surface area contributed by atoms with Gasteiger partial charge in [-0.25, -0.2) is 17.6 Å². The molecule has 0 aliphatic heterocycles. The molecule has 15 heteroatoms. The average molecular weight is 667 g/mol. The van der Waals surface area contributed by atoms with Gasteiger partial charge in [0.2, 0.25) is 5.91 Å². The van der Waals surface area contributed by atoms with Crippen LogP contribution in [0, 0.1) is 17.0 Å². The summed E-state index contributed by atoms with van der Waals surface area (Å²) in [6, 6.07) is 9.03. The van der Waals surface area contributed by atoms with Gasteiger partial charge in [-0.05, 0) is 55.8 Å². The van der Waals surface area contributed by atoms with Gasteiger partial charge in [-0.2, -0.15) is 13.2 Å². The minimum atomic E-state index is -4.88. The van der Waals surface area contributed by atoms with E-state index in [0.29, 0.717) is 13.8 Å². The molecule has 0 atom stereocenters. The highest BCUT2D eigenvalue weighted by molar-refractivity contribution is 6.34. The van der Waals surface area contributed by atoms with Crippen molar-refractivity contribution < 1.29 is 49.9 Å². The number of ether oxygens (including phenoxy) is 1. The molecule has 0 unspecified atom stereocenters. The molecule has 0 radical (unpaired) electrons. The Hall–Kier alpha value is -3.84. The lowest BCUT2D eigenvalue weighted by atomic mass is 9.91. The maximum absolute atomic E-state index is 15.3. The first-order valence-electron chi connectivity index (χ1n) is 12.6. The normalized spacial score (nSPS) is 11.8. The Morgan fingerprint density at radius 3 is 2.23 bits per heavy atom. The Bertz CT molecular complexity index is 1580. The zero-order valence-electron chi connectivity index (χ0n) is 22.9. The van der Waals surface area contributed by atoms with Gasteiger partial charge in [-0.1, -0.05) is 35.3 Å². The molecule has 0 aliphatic rings. The van der Waals surface area contributed by atoms with Crippen LogP contribution in [-0.4, -0.2) is 36.8 Å². The van der Waals surface area contributed by atoms with Crippen LogP contribution in [0.5, 0.6) is 5.75 Å². The number of anilines is 1. The minimum Gasteiger partial charge on any atom is -0.487 e. The number of ketones is 1. The van der Waals surface area contributed by atoms with Gasteiger partial charge in [0.25, 0.3) is 12.3 Å². The van der Waals surface area contributed by atoms with Crippen LogP contribution in [0.2, 0.25) is 10.0 Å². The lowest BCUT2D eigenvalue weighted by Gasteiger charge is -2.26. The molecule has 0 saturated carbocycles. The van der Waals surface area contributed by atoms with Gasteiger partial charge < -0.3 is 15.4 Å². The maximum Gasteiger partial charge on any atom is 0.402 e. The Morgan fingerprint density at radius 2 is 1.61 bits per heavy atom. The van der Waals surface area contributed by atoms with Crippen molar-refractivity contribution in [2.75, 3.05) is 11.9 Å². The van der Waals surface area contributed by atoms with E-state index < -0.39 is 72.4 Å². The minimum absolute atomic E-state index is 0.0547. The SMILES string of the molecule is CC(C)(C(=O)NCc1ccc(Cl)c(C(=O)Cc2ccc(OCC(F)F)c(C(=O)Nc3ccc(F)c(Cl)c3)c2)c1F)C(F)(F)F. The average Bonchev–Trinajstić information content (AvgIpc) is 2.93. The molecule has 3 aromatic rings. The van der Waals surface area contributed by atoms with E-state index in [9.17, 15) is 40.7 Å². The standard InChI is InChI=1S/C29H23Cl2F7N2O4/c1-28(2,29(36,37)38)27(43)39-12-15-4-6-18(30)24(25(15)35)21(41)10-14-3-8-22(44-13-23(33)34)17(9-14)26(42)40-16-5-7-20(32)19(31)11-16/h3-9,11,23H,10,12-13H2,1-2H3,(H,39,43)(H,40,42). The van der Waals surface area contributed by atoms with Crippen molar-refractivity contribution in [3.8, 4) is 5.75 Å². The van der Waals surface area contributed by atoms with Crippen molar-refractivity contribution in [1.82, 2.24) is 5.32 Å². The first-order valence-corrected chi connectivity index (χ1v) is 13.3. The van der Waals surface area contributed by atoms with Gasteiger partial charge in [0.1, 0.15) is 29.4 Å². The number of nitrogens with one attached hydrogen (secondary N) is 2. The van der Waals surface area contributed by atoms with E-state index in [-0.39, 0.29) is 38.2 Å². The third-order valence-electron chi connectivity index (χ3n) is 6.36. The van der Waals surface area contributed by atoms with Crippen LogP contribution in [-0.2, 0) is 17.8 Å². The lowest BCUT2D eigenvalue weighted by Crippen LogP contribution is -2.46. The number of hydrogen-bond donors (Lipinski definition) is 2. The summed E-state index contributed by atoms with van der Waals surface area (Å²) in [4.78, 5) is 38.3. The fraction of sp³-hybridized carbons (Fsp3) is 0.276. The van der Waals surface area contributed by atoms with E-state index >= 15 is 4.39 Å². The highest BCUT2D eigenvalue weighted by Crippen LogP contribution is 2.37. The molecule has 0 spiro atoms. The Balaban J connectivity index is 1.87. The molecule has 3 rings (SSSR count). The van der Waals surface area contributed by atoms with E-state index in [2.05, 4.69) is 5.32 Å². The summed E-state index contributed by atoms with van der Waals surface area (Å²) >= 11 is 11.8. The Labute approximate surface area is 256 Å². The second-order valence-corrected chi connectivity index (χ2v) is 10.7. The van der Waals surface area contributed by atoms with Gasteiger partial charge in [-0.15, -0.1) is 0 Å². The largest absolute Gasteiger partial charge is 0.487 e. The molecule has 6 nitrogen and oxygen atoms in total. The van der Waals surface area contributed by atoms with E-state index in [0.717, 1.165) is 36.4 Å². The molecule has 0 aromatic heterocycles. The molecule has 0 bridgehead atoms. The third-order valence-corrected chi connectivity index (χ3v) is 6.97. The summed E-state index contributed by atoms with van der Waals surface area (Å²) < 4.78 is 98.9. The predicted molar refractivity (Wildman–Crippen MR) is 148 cm³/mol. The molecular formula is C29H23Cl2F7N2O4. The molecule has 0 fully saturated rings. The number of amides is 2. The maximum atomic E-state index is 15.3. The molecule has 2 N–H and O–H groups in total. The van der Waals surface area contributed by atoms with Gasteiger partial charge in [-0.3, -0.25) is 14.4 Å². The number of carbonyl (C=O) groups excluding carboxylic acids is 3. The molecule has 0 saturated heterocycles. The molecule has 0 heterocycles. The summed E-state index contributed by atoms with van der Waals surface area (Å²) in [5, 5.41) is 3.77. The number of rotatable bonds is 11. The van der Waals surface area contributed by atoms with Gasteiger partial charge in [0, 0.05) is 24.2 Å². The summed E-state index contributed by atoms with van der Waals surface area (Å²) in [5.41, 5.74) is -3.86. The molecule has 0 aliphatic carbocycles. The number of Topliss-reactive ketones (excluding diaryl/α,β-unsaturated/α-hetero) is 1. The third kappa shape index (κ3) is 8.20. The highest BCUT2D eigenvalue weighted by Gasteiger charge is 2.52. The second-order valence-electron chi connectivity index (χ2n) is 9.92. The smallest absolute Gasteiger partial charge is 0.402 e. The Kier molecular flexibility index (Phi) is 10.9. The zero-order valence-corrected chi connectivity index (χ0v) is 24.4. The van der Waals surface area contributed by atoms with Crippen LogP contribution in [0.1, 0.15) is 45.7 Å². The quantitative estimate of drug-likeness (QED) is 0.162. The van der Waals surface area contributed by atoms with Gasteiger partial charge in [0.15, 0.2) is 5.78 Å². The van der Waals surface area contributed by atoms with Crippen molar-refractivity contribution in [3.63, 3.8) is 0 Å². The van der Waals surface area contributed by atoms with Crippen LogP contribution in [0.3, 0.4) is 0 Å². The van der Waals surface area contributed by atoms with E-state index in [4.69, 9.17) is 27.9 Å². The van der Waals surface area contributed by atoms with E-state index in [1.807, 2.05) is 5.32 Å². The molecular weight excluding hydrogens is 644 g/mol. The number of alkyl halides is 5. The van der Waals surface area contributed by atoms with Crippen LogP contribution < -0.4 is 15.4 Å². The van der Waals surface area contributed by atoms with Crippen LogP contribution in [0.15, 0.2) is 48.5 Å². The van der Waals surface area contributed by atoms with Crippen molar-refractivity contribution in [2.24, 2.45) is 5.41 Å². The summed E-state index contributed by atoms with van der Waals surface area (Å²) in [5.74, 6) is -5.44. The van der Waals surface area contributed by atoms with Gasteiger partial charge >= 0.3 is 6.18 Å². The van der Waals surface area contributed by atoms with E-state index in [1.54, 1.807) is 0 Å². The summed E-state index contributed by atoms with van der Waals surface area (Å²) in [7, 11) is 0. The lowest BCUT2D eigenvalue weighted by molar-refractivity contribution is -0.211. The summed E-state index contributed by atoms with van der Waals surface area (Å²) in [6.45, 7) is -0.438. The Morgan fingerprint density at radius 1 is 0.932 bits per heavy atom. The zero-order chi connectivity index (χ0) is 33.0. The molecule has 44 heavy (non-hydrogen) atoms. The topological polar surface area (TPSA) is 84.5 Å². The fourth-order valence-corrected chi connectivity index (χ4v) is 4.13. The van der Waals surface area contributed by atoms with Gasteiger partial charge in [0.05, 0.1) is 21.2 Å². The predicted octanol–water partition coefficient (Wildman–Crippen LogP) is 7.80. The number of halogens is 9. The number of hydrogen-bond acceptors (Lipinski definition) is 4.